The van der Waals surface area contributed by atoms with Gasteiger partial charge in [-0.15, -0.1) is 10.2 Å². The minimum atomic E-state index is -0.635. The molecular weight excluding hydrogens is 234 g/mol. The van der Waals surface area contributed by atoms with Crippen molar-refractivity contribution in [3.05, 3.63) is 17.8 Å². The van der Waals surface area contributed by atoms with Crippen molar-refractivity contribution in [1.29, 1.82) is 0 Å². The normalized spacial score (nSPS) is 11.7. The van der Waals surface area contributed by atoms with Gasteiger partial charge in [-0.25, -0.2) is 0 Å². The molecule has 0 saturated heterocycles. The Balaban J connectivity index is 2.67. The SMILES string of the molecule is CCN(C)C(=O)C(C)Nc1ccc(C(N)=O)nn1. The van der Waals surface area contributed by atoms with Crippen LogP contribution in [0.4, 0.5) is 5.82 Å². The predicted octanol–water partition coefficient (Wildman–Crippen LogP) is -0.146. The molecule has 2 amide bonds. The molecule has 0 aromatic carbocycles. The molecule has 98 valence electrons. The summed E-state index contributed by atoms with van der Waals surface area (Å²) in [6, 6.07) is 2.60. The summed E-state index contributed by atoms with van der Waals surface area (Å²) in [7, 11) is 1.72. The van der Waals surface area contributed by atoms with Crippen LogP contribution < -0.4 is 11.1 Å². The van der Waals surface area contributed by atoms with E-state index >= 15 is 0 Å². The number of carbonyl (C=O) groups excluding carboxylic acids is 2. The molecule has 0 aliphatic heterocycles. The van der Waals surface area contributed by atoms with Gasteiger partial charge in [0.2, 0.25) is 5.91 Å². The highest BCUT2D eigenvalue weighted by atomic mass is 16.2. The lowest BCUT2D eigenvalue weighted by Crippen LogP contribution is -2.39. The van der Waals surface area contributed by atoms with E-state index in [0.29, 0.717) is 12.4 Å². The van der Waals surface area contributed by atoms with Gasteiger partial charge in [-0.1, -0.05) is 0 Å². The average Bonchev–Trinajstić information content (AvgIpc) is 2.37. The van der Waals surface area contributed by atoms with Gasteiger partial charge in [0, 0.05) is 13.6 Å². The Morgan fingerprint density at radius 3 is 2.56 bits per heavy atom. The van der Waals surface area contributed by atoms with Gasteiger partial charge in [-0.2, -0.15) is 0 Å². The number of likely N-dealkylation sites (N-methyl/N-ethyl adjacent to an activating group) is 1. The molecule has 18 heavy (non-hydrogen) atoms. The smallest absolute Gasteiger partial charge is 0.269 e. The van der Waals surface area contributed by atoms with Gasteiger partial charge in [-0.3, -0.25) is 9.59 Å². The number of nitrogens with two attached hydrogens (primary N) is 1. The van der Waals surface area contributed by atoms with Gasteiger partial charge < -0.3 is 16.0 Å². The minimum absolute atomic E-state index is 0.0433. The number of hydrogen-bond acceptors (Lipinski definition) is 5. The summed E-state index contributed by atoms with van der Waals surface area (Å²) in [5, 5.41) is 10.3. The van der Waals surface area contributed by atoms with Gasteiger partial charge in [0.25, 0.3) is 5.91 Å². The molecule has 0 saturated carbocycles. The number of carbonyl (C=O) groups is 2. The molecular formula is C11H17N5O2. The Bertz CT molecular complexity index is 432. The zero-order chi connectivity index (χ0) is 13.7. The maximum absolute atomic E-state index is 11.8. The van der Waals surface area contributed by atoms with E-state index in [9.17, 15) is 9.59 Å². The molecule has 7 nitrogen and oxygen atoms in total. The third kappa shape index (κ3) is 3.41. The van der Waals surface area contributed by atoms with Crippen LogP contribution in [0.15, 0.2) is 12.1 Å². The van der Waals surface area contributed by atoms with E-state index in [1.807, 2.05) is 6.92 Å². The van der Waals surface area contributed by atoms with Gasteiger partial charge >= 0.3 is 0 Å². The monoisotopic (exact) mass is 251 g/mol. The molecule has 1 heterocycles. The number of aromatic nitrogens is 2. The van der Waals surface area contributed by atoms with E-state index in [1.54, 1.807) is 24.9 Å². The van der Waals surface area contributed by atoms with Crippen molar-refractivity contribution in [3.8, 4) is 0 Å². The first-order valence-electron chi connectivity index (χ1n) is 5.60. The highest BCUT2D eigenvalue weighted by Crippen LogP contribution is 2.05. The van der Waals surface area contributed by atoms with Crippen LogP contribution >= 0.6 is 0 Å². The summed E-state index contributed by atoms with van der Waals surface area (Å²) in [5.41, 5.74) is 5.14. The fourth-order valence-electron chi connectivity index (χ4n) is 1.31. The molecule has 1 rings (SSSR count). The number of hydrogen-bond donors (Lipinski definition) is 2. The number of rotatable bonds is 5. The van der Waals surface area contributed by atoms with Crippen molar-refractivity contribution in [1.82, 2.24) is 15.1 Å². The third-order valence-electron chi connectivity index (χ3n) is 2.50. The lowest BCUT2D eigenvalue weighted by molar-refractivity contribution is -0.130. The second kappa shape index (κ2) is 5.95. The first-order chi connectivity index (χ1) is 8.45. The molecule has 0 radical (unpaired) electrons. The zero-order valence-electron chi connectivity index (χ0n) is 10.7. The molecule has 0 aliphatic carbocycles. The van der Waals surface area contributed by atoms with Gasteiger partial charge in [0.1, 0.15) is 11.9 Å². The number of amides is 2. The molecule has 0 fully saturated rings. The van der Waals surface area contributed by atoms with Crippen molar-refractivity contribution >= 4 is 17.6 Å². The van der Waals surface area contributed by atoms with Crippen LogP contribution in [-0.4, -0.2) is 46.5 Å². The summed E-state index contributed by atoms with van der Waals surface area (Å²) in [6.45, 7) is 4.27. The summed E-state index contributed by atoms with van der Waals surface area (Å²) >= 11 is 0. The van der Waals surface area contributed by atoms with Gasteiger partial charge in [-0.05, 0) is 26.0 Å². The zero-order valence-corrected chi connectivity index (χ0v) is 10.7. The van der Waals surface area contributed by atoms with Crippen LogP contribution in [0.5, 0.6) is 0 Å². The van der Waals surface area contributed by atoms with E-state index in [-0.39, 0.29) is 11.6 Å². The lowest BCUT2D eigenvalue weighted by atomic mass is 10.3. The quantitative estimate of drug-likeness (QED) is 0.758. The Morgan fingerprint density at radius 1 is 1.44 bits per heavy atom. The Labute approximate surface area is 105 Å². The largest absolute Gasteiger partial charge is 0.364 e. The minimum Gasteiger partial charge on any atom is -0.364 e. The summed E-state index contributed by atoms with van der Waals surface area (Å²) in [5.74, 6) is -0.257. The van der Waals surface area contributed by atoms with E-state index in [1.165, 1.54) is 6.07 Å². The molecule has 1 atom stereocenters. The molecule has 0 spiro atoms. The summed E-state index contributed by atoms with van der Waals surface area (Å²) in [4.78, 5) is 24.2. The third-order valence-corrected chi connectivity index (χ3v) is 2.50. The standard InChI is InChI=1S/C11H17N5O2/c1-4-16(3)11(18)7(2)13-9-6-5-8(10(12)17)14-15-9/h5-7H,4H2,1-3H3,(H2,12,17)(H,13,15). The Hall–Kier alpha value is -2.18. The van der Waals surface area contributed by atoms with Crippen LogP contribution in [0, 0.1) is 0 Å². The highest BCUT2D eigenvalue weighted by Gasteiger charge is 2.16. The number of anilines is 1. The first-order valence-corrected chi connectivity index (χ1v) is 5.60. The molecule has 0 bridgehead atoms. The molecule has 1 aromatic rings. The number of primary amides is 1. The predicted molar refractivity (Wildman–Crippen MR) is 66.9 cm³/mol. The van der Waals surface area contributed by atoms with E-state index in [2.05, 4.69) is 15.5 Å². The fraction of sp³-hybridized carbons (Fsp3) is 0.455. The molecule has 0 aliphatic rings. The van der Waals surface area contributed by atoms with Crippen molar-refractivity contribution in [3.63, 3.8) is 0 Å². The topological polar surface area (TPSA) is 101 Å². The first kappa shape index (κ1) is 13.9. The molecule has 1 aromatic heterocycles. The van der Waals surface area contributed by atoms with E-state index in [0.717, 1.165) is 0 Å². The lowest BCUT2D eigenvalue weighted by Gasteiger charge is -2.20. The van der Waals surface area contributed by atoms with E-state index in [4.69, 9.17) is 5.73 Å². The van der Waals surface area contributed by atoms with Crippen LogP contribution in [0.1, 0.15) is 24.3 Å². The second-order valence-electron chi connectivity index (χ2n) is 3.89. The van der Waals surface area contributed by atoms with Crippen molar-refractivity contribution in [2.75, 3.05) is 18.9 Å². The highest BCUT2D eigenvalue weighted by molar-refractivity contribution is 5.90. The number of nitrogens with zero attached hydrogens (tertiary/aromatic N) is 3. The van der Waals surface area contributed by atoms with Gasteiger partial charge in [0.05, 0.1) is 0 Å². The van der Waals surface area contributed by atoms with Crippen molar-refractivity contribution in [2.45, 2.75) is 19.9 Å². The van der Waals surface area contributed by atoms with Crippen LogP contribution in [-0.2, 0) is 4.79 Å². The van der Waals surface area contributed by atoms with Crippen molar-refractivity contribution in [2.24, 2.45) is 5.73 Å². The average molecular weight is 251 g/mol. The fourth-order valence-corrected chi connectivity index (χ4v) is 1.31. The van der Waals surface area contributed by atoms with Crippen LogP contribution in [0.25, 0.3) is 0 Å². The van der Waals surface area contributed by atoms with E-state index < -0.39 is 11.9 Å². The van der Waals surface area contributed by atoms with Crippen LogP contribution in [0.2, 0.25) is 0 Å². The maximum atomic E-state index is 11.8. The molecule has 3 N–H and O–H groups in total. The Kier molecular flexibility index (Phi) is 4.59. The summed E-state index contributed by atoms with van der Waals surface area (Å²) < 4.78 is 0. The van der Waals surface area contributed by atoms with Gasteiger partial charge in [0.15, 0.2) is 5.69 Å². The van der Waals surface area contributed by atoms with Crippen molar-refractivity contribution < 1.29 is 9.59 Å². The number of nitrogens with one attached hydrogen (secondary N) is 1. The molecule has 7 heteroatoms. The summed E-state index contributed by atoms with van der Waals surface area (Å²) in [6.07, 6.45) is 0. The maximum Gasteiger partial charge on any atom is 0.269 e. The second-order valence-corrected chi connectivity index (χ2v) is 3.89. The van der Waals surface area contributed by atoms with Crippen LogP contribution in [0.3, 0.4) is 0 Å². The Morgan fingerprint density at radius 2 is 2.11 bits per heavy atom. The molecule has 1 unspecified atom stereocenters.